The van der Waals surface area contributed by atoms with Crippen LogP contribution >= 0.6 is 99.6 Å². The van der Waals surface area contributed by atoms with Crippen molar-refractivity contribution in [2.45, 2.75) is 168 Å². The molecule has 3 saturated heterocycles. The summed E-state index contributed by atoms with van der Waals surface area (Å²) in [6.45, 7) is 27.4. The molecule has 0 aliphatic carbocycles. The molecule has 5 aromatic carbocycles. The average molecular weight is 1770 g/mol. The molecule has 3 fully saturated rings. The van der Waals surface area contributed by atoms with Crippen molar-refractivity contribution >= 4 is 182 Å². The zero-order valence-corrected chi connectivity index (χ0v) is 68.2. The first kappa shape index (κ1) is 77.8. The first-order valence-corrected chi connectivity index (χ1v) is 39.2. The number of anilines is 4. The summed E-state index contributed by atoms with van der Waals surface area (Å²) < 4.78 is 30.3. The Morgan fingerprint density at radius 2 is 0.957 bits per heavy atom. The molecule has 3 atom stereocenters. The fourth-order valence-electron chi connectivity index (χ4n) is 10.2. The summed E-state index contributed by atoms with van der Waals surface area (Å²) in [5.41, 5.74) is 28.8. The Morgan fingerprint density at radius 1 is 0.548 bits per heavy atom. The predicted molar refractivity (Wildman–Crippen MR) is 406 cm³/mol. The van der Waals surface area contributed by atoms with E-state index in [4.69, 9.17) is 46.9 Å². The van der Waals surface area contributed by atoms with Crippen LogP contribution in [0.4, 0.5) is 37.1 Å². The number of nitrogens with two attached hydrogens (primary N) is 4. The van der Waals surface area contributed by atoms with Gasteiger partial charge in [-0.15, -0.1) is 0 Å². The van der Waals surface area contributed by atoms with Crippen molar-refractivity contribution in [3.8, 4) is 0 Å². The van der Waals surface area contributed by atoms with Crippen molar-refractivity contribution in [3.05, 3.63) is 128 Å². The minimum Gasteiger partial charge on any atom is -1.00 e. The van der Waals surface area contributed by atoms with E-state index in [0.717, 1.165) is 121 Å². The minimum atomic E-state index is -1.15. The van der Waals surface area contributed by atoms with E-state index in [1.807, 2.05) is 116 Å². The summed E-state index contributed by atoms with van der Waals surface area (Å²) in [4.78, 5) is 63.9. The minimum absolute atomic E-state index is 0. The summed E-state index contributed by atoms with van der Waals surface area (Å²) >= 11 is 13.5. The number of rotatable bonds is 8. The van der Waals surface area contributed by atoms with Gasteiger partial charge in [0.15, 0.2) is 0 Å². The third kappa shape index (κ3) is 23.5. The maximum absolute atomic E-state index is 12.8. The average Bonchev–Trinajstić information content (AvgIpc) is 1.64. The predicted octanol–water partition coefficient (Wildman–Crippen LogP) is 14.8. The zero-order valence-electron chi connectivity index (χ0n) is 56.6. The Balaban J connectivity index is 0.000000225. The Kier molecular flexibility index (Phi) is 28.4. The number of hydrogen-bond donors (Lipinski definition) is 6. The van der Waals surface area contributed by atoms with Gasteiger partial charge in [0, 0.05) is 54.0 Å². The van der Waals surface area contributed by atoms with E-state index in [0.29, 0.717) is 49.1 Å². The quantitative estimate of drug-likeness (QED) is 0.0271. The molecule has 0 spiro atoms. The van der Waals surface area contributed by atoms with Gasteiger partial charge in [-0.2, -0.15) is 0 Å². The van der Waals surface area contributed by atoms with E-state index in [2.05, 4.69) is 168 Å². The Labute approximate surface area is 629 Å². The number of amides is 3. The van der Waals surface area contributed by atoms with E-state index in [1.165, 1.54) is 0 Å². The molecule has 3 aliphatic heterocycles. The fourth-order valence-corrected chi connectivity index (χ4v) is 13.2. The number of ether oxygens (including phenoxy) is 4. The zero-order chi connectivity index (χ0) is 67.6. The monoisotopic (exact) mass is 1770 g/mol. The van der Waals surface area contributed by atoms with Gasteiger partial charge in [0.05, 0.1) is 74.0 Å². The molecule has 11 rings (SSSR count). The van der Waals surface area contributed by atoms with Gasteiger partial charge < -0.3 is 57.8 Å². The molecule has 0 saturated carbocycles. The number of H-pyrrole nitrogens is 2. The van der Waals surface area contributed by atoms with Crippen LogP contribution in [-0.2, 0) is 25.7 Å². The number of likely N-dealkylation sites (tertiary alicyclic amines) is 3. The smallest absolute Gasteiger partial charge is 1.00 e. The number of imidazole rings is 3. The van der Waals surface area contributed by atoms with Crippen LogP contribution in [-0.4, -0.2) is 114 Å². The van der Waals surface area contributed by atoms with Gasteiger partial charge in [0.25, 0.3) is 0 Å². The summed E-state index contributed by atoms with van der Waals surface area (Å²) in [5, 5.41) is 0. The van der Waals surface area contributed by atoms with E-state index in [9.17, 15) is 14.4 Å². The largest absolute Gasteiger partial charge is 1.00 e. The Hall–Kier alpha value is -4.15. The third-order valence-corrected chi connectivity index (χ3v) is 19.3. The molecule has 3 amide bonds. The van der Waals surface area contributed by atoms with E-state index < -0.39 is 24.9 Å². The van der Waals surface area contributed by atoms with E-state index in [1.54, 1.807) is 28.0 Å². The number of aromatic amines is 2. The molecule has 8 aromatic rings. The number of aromatic nitrogens is 6. The number of hydrogen-bond acceptors (Lipinski definition) is 14. The molecular weight excluding hydrogens is 1680 g/mol. The number of carbonyl (C=O) groups is 3. The standard InChI is InChI=1S/C22H34IN3O3Si.C16H20BrN3O2.C16H20IN3O2.C6H7BrN2.C6H7IN2.Na.H/c1-22(2,3)29-21(27)25-11-7-8-19(25)20-24-17-14-16(23)9-10-18(17)26(20)15-28-12-13-30(4,5)6;2*1-16(2,3)22-15(21)20-8-4-5-13(20)14-18-11-7-6-10(17)9-12(11)19-14;2*7-4-1-2-5(8)6(9)3-4;;/h9-10,14,19H,7-8,11-13,15H2,1-6H3;2*6-7,9,13H,4-5,8H2,1-3H3,(H,18,19);2*1-3H,8-9H2;;/q;;;;;+1;-1/t19-;2*13-;;;;/m000..../s1. The van der Waals surface area contributed by atoms with Gasteiger partial charge in [0.2, 0.25) is 0 Å². The number of benzene rings is 5. The van der Waals surface area contributed by atoms with Crippen LogP contribution in [0, 0.1) is 10.7 Å². The maximum atomic E-state index is 12.8. The fraction of sp³-hybridized carbons (Fsp3) is 0.455. The maximum Gasteiger partial charge on any atom is 1.00 e. The molecule has 0 bridgehead atoms. The van der Waals surface area contributed by atoms with E-state index in [-0.39, 0.29) is 67.4 Å². The first-order valence-electron chi connectivity index (χ1n) is 30.6. The second kappa shape index (κ2) is 33.9. The number of nitrogen functional groups attached to an aromatic ring is 4. The molecule has 6 heterocycles. The summed E-state index contributed by atoms with van der Waals surface area (Å²) in [5.74, 6) is 2.57. The summed E-state index contributed by atoms with van der Waals surface area (Å²) in [6, 6.07) is 30.2. The SMILES string of the molecule is CC(C)(C)OC(=O)N1CCC[C@H]1c1nc2cc(I)ccc2n1COCC[Si](C)(C)C.CC(C)(C)OC(=O)N1CCC[C@H]1c1nc2ccc(Br)cc2[nH]1.CC(C)(C)OC(=O)N1CCC[C@H]1c1nc2ccc(I)cc2[nH]1.Nc1ccc(Br)cc1N.Nc1ccc(I)cc1N.[H-].[Na+]. The molecule has 3 aromatic heterocycles. The van der Waals surface area contributed by atoms with Crippen LogP contribution < -0.4 is 52.5 Å². The first-order chi connectivity index (χ1) is 43.0. The van der Waals surface area contributed by atoms with Crippen molar-refractivity contribution < 1.29 is 64.3 Å². The molecule has 0 radical (unpaired) electrons. The van der Waals surface area contributed by atoms with Gasteiger partial charge in [-0.25, -0.2) is 29.3 Å². The second-order valence-corrected chi connectivity index (χ2v) is 38.2. The molecule has 93 heavy (non-hydrogen) atoms. The van der Waals surface area contributed by atoms with Crippen LogP contribution in [0.3, 0.4) is 0 Å². The van der Waals surface area contributed by atoms with Crippen molar-refractivity contribution in [1.29, 1.82) is 0 Å². The molecule has 3 aliphatic rings. The molecule has 0 unspecified atom stereocenters. The normalized spacial score (nSPS) is 16.5. The van der Waals surface area contributed by atoms with Gasteiger partial charge in [0.1, 0.15) is 41.0 Å². The topological polar surface area (TPSA) is 277 Å². The number of halogens is 5. The molecule has 500 valence electrons. The molecular formula is C66H89Br2I3N13NaO7Si. The van der Waals surface area contributed by atoms with Crippen molar-refractivity contribution in [1.82, 2.24) is 44.2 Å². The van der Waals surface area contributed by atoms with Gasteiger partial charge in [-0.1, -0.05) is 51.5 Å². The van der Waals surface area contributed by atoms with Crippen LogP contribution in [0.2, 0.25) is 25.7 Å². The Bertz CT molecular complexity index is 3680. The number of nitrogens with zero attached hydrogens (tertiary/aromatic N) is 7. The van der Waals surface area contributed by atoms with E-state index >= 15 is 0 Å². The number of nitrogens with one attached hydrogen (secondary N) is 2. The van der Waals surface area contributed by atoms with Crippen molar-refractivity contribution in [3.63, 3.8) is 0 Å². The van der Waals surface area contributed by atoms with Crippen LogP contribution in [0.15, 0.2) is 99.9 Å². The van der Waals surface area contributed by atoms with Crippen molar-refractivity contribution in [2.24, 2.45) is 0 Å². The van der Waals surface area contributed by atoms with Crippen molar-refractivity contribution in [2.75, 3.05) is 49.2 Å². The number of fused-ring (bicyclic) bond motifs is 3. The van der Waals surface area contributed by atoms with Crippen LogP contribution in [0.25, 0.3) is 33.1 Å². The van der Waals surface area contributed by atoms with Gasteiger partial charge in [-0.3, -0.25) is 14.7 Å². The molecule has 27 heteroatoms. The summed E-state index contributed by atoms with van der Waals surface area (Å²) in [6.07, 6.45) is 4.79. The molecule has 10 N–H and O–H groups in total. The number of carbonyl (C=O) groups excluding carboxylic acids is 3. The molecule has 20 nitrogen and oxygen atoms in total. The Morgan fingerprint density at radius 3 is 1.43 bits per heavy atom. The van der Waals surface area contributed by atoms with Crippen LogP contribution in [0.5, 0.6) is 0 Å². The second-order valence-electron chi connectivity index (χ2n) is 27.0. The summed E-state index contributed by atoms with van der Waals surface area (Å²) in [7, 11) is -1.15. The third-order valence-electron chi connectivity index (χ3n) is 14.6. The van der Waals surface area contributed by atoms with Crippen LogP contribution in [0.1, 0.15) is 138 Å². The van der Waals surface area contributed by atoms with Gasteiger partial charge in [-0.05, 0) is 266 Å². The van der Waals surface area contributed by atoms with Gasteiger partial charge >= 0.3 is 47.8 Å².